The average molecular weight is 302 g/mol. The van der Waals surface area contributed by atoms with Gasteiger partial charge in [-0.1, -0.05) is 13.8 Å². The molecule has 1 heterocycles. The minimum Gasteiger partial charge on any atom is -0.316 e. The van der Waals surface area contributed by atoms with E-state index in [2.05, 4.69) is 19.2 Å². The number of nitrogens with zero attached hydrogens (tertiary/aromatic N) is 1. The Morgan fingerprint density at radius 1 is 1.35 bits per heavy atom. The number of sulfonamides is 1. The van der Waals surface area contributed by atoms with Gasteiger partial charge in [0, 0.05) is 19.6 Å². The second-order valence-corrected chi connectivity index (χ2v) is 9.34. The Kier molecular flexibility index (Phi) is 5.14. The highest BCUT2D eigenvalue weighted by molar-refractivity contribution is 7.88. The summed E-state index contributed by atoms with van der Waals surface area (Å²) in [7, 11) is -3.00. The normalized spacial score (nSPS) is 26.9. The number of piperidine rings is 1. The molecule has 118 valence electrons. The van der Waals surface area contributed by atoms with Gasteiger partial charge in [-0.2, -0.15) is 0 Å². The van der Waals surface area contributed by atoms with Crippen molar-refractivity contribution in [3.63, 3.8) is 0 Å². The topological polar surface area (TPSA) is 49.4 Å². The third kappa shape index (κ3) is 4.71. The smallest absolute Gasteiger partial charge is 0.211 e. The lowest BCUT2D eigenvalue weighted by molar-refractivity contribution is 0.219. The summed E-state index contributed by atoms with van der Waals surface area (Å²) in [5, 5.41) is 3.59. The molecule has 0 aromatic rings. The van der Waals surface area contributed by atoms with E-state index in [9.17, 15) is 8.42 Å². The zero-order valence-corrected chi connectivity index (χ0v) is 14.0. The van der Waals surface area contributed by atoms with Crippen LogP contribution in [0.1, 0.15) is 46.0 Å². The molecule has 2 fully saturated rings. The van der Waals surface area contributed by atoms with Gasteiger partial charge in [0.2, 0.25) is 10.0 Å². The lowest BCUT2D eigenvalue weighted by atomic mass is 9.87. The summed E-state index contributed by atoms with van der Waals surface area (Å²) in [6.07, 6.45) is 7.38. The Labute approximate surface area is 124 Å². The second kappa shape index (κ2) is 6.32. The summed E-state index contributed by atoms with van der Waals surface area (Å²) >= 11 is 0. The standard InChI is InChI=1S/C15H30N2O2S/c1-13(2)10-16-12-15(6-7-15)9-14-5-4-8-17(11-14)20(3,18)19/h13-14,16H,4-12H2,1-3H3. The van der Waals surface area contributed by atoms with Crippen molar-refractivity contribution in [3.05, 3.63) is 0 Å². The Bertz CT molecular complexity index is 416. The van der Waals surface area contributed by atoms with Gasteiger partial charge in [0.1, 0.15) is 0 Å². The minimum atomic E-state index is -3.00. The Hall–Kier alpha value is -0.130. The summed E-state index contributed by atoms with van der Waals surface area (Å²) < 4.78 is 25.0. The SMILES string of the molecule is CC(C)CNCC1(CC2CCCN(S(C)(=O)=O)C2)CC1. The van der Waals surface area contributed by atoms with Crippen molar-refractivity contribution in [2.45, 2.75) is 46.0 Å². The molecule has 1 unspecified atom stereocenters. The van der Waals surface area contributed by atoms with Crippen LogP contribution >= 0.6 is 0 Å². The van der Waals surface area contributed by atoms with Crippen LogP contribution in [-0.4, -0.2) is 45.2 Å². The van der Waals surface area contributed by atoms with E-state index in [0.29, 0.717) is 23.8 Å². The number of hydrogen-bond acceptors (Lipinski definition) is 3. The number of rotatable bonds is 7. The highest BCUT2D eigenvalue weighted by Crippen LogP contribution is 2.51. The van der Waals surface area contributed by atoms with Crippen molar-refractivity contribution in [1.82, 2.24) is 9.62 Å². The molecule has 4 nitrogen and oxygen atoms in total. The third-order valence-corrected chi connectivity index (χ3v) is 5.95. The molecule has 2 rings (SSSR count). The van der Waals surface area contributed by atoms with Crippen LogP contribution in [0.5, 0.6) is 0 Å². The van der Waals surface area contributed by atoms with Crippen molar-refractivity contribution >= 4 is 10.0 Å². The first-order chi connectivity index (χ1) is 9.31. The van der Waals surface area contributed by atoms with Crippen molar-refractivity contribution in [2.24, 2.45) is 17.3 Å². The first-order valence-corrected chi connectivity index (χ1v) is 9.81. The first-order valence-electron chi connectivity index (χ1n) is 7.97. The molecule has 1 saturated heterocycles. The zero-order chi connectivity index (χ0) is 14.8. The summed E-state index contributed by atoms with van der Waals surface area (Å²) in [5.74, 6) is 1.25. The van der Waals surface area contributed by atoms with Crippen LogP contribution in [0.4, 0.5) is 0 Å². The Balaban J connectivity index is 1.80. The minimum absolute atomic E-state index is 0.472. The summed E-state index contributed by atoms with van der Waals surface area (Å²) in [4.78, 5) is 0. The van der Waals surface area contributed by atoms with Crippen LogP contribution < -0.4 is 5.32 Å². The summed E-state index contributed by atoms with van der Waals surface area (Å²) in [6, 6.07) is 0. The molecule has 0 spiro atoms. The first kappa shape index (κ1) is 16.2. The van der Waals surface area contributed by atoms with Gasteiger partial charge in [-0.15, -0.1) is 0 Å². The maximum atomic E-state index is 11.7. The molecule has 1 N–H and O–H groups in total. The molecule has 5 heteroatoms. The predicted molar refractivity (Wildman–Crippen MR) is 83.1 cm³/mol. The van der Waals surface area contributed by atoms with Crippen molar-refractivity contribution < 1.29 is 8.42 Å². The fraction of sp³-hybridized carbons (Fsp3) is 1.00. The van der Waals surface area contributed by atoms with Gasteiger partial charge in [-0.3, -0.25) is 0 Å². The van der Waals surface area contributed by atoms with E-state index in [0.717, 1.165) is 26.1 Å². The second-order valence-electron chi connectivity index (χ2n) is 7.36. The lowest BCUT2D eigenvalue weighted by Gasteiger charge is -2.33. The third-order valence-electron chi connectivity index (χ3n) is 4.68. The average Bonchev–Trinajstić information content (AvgIpc) is 3.08. The van der Waals surface area contributed by atoms with Gasteiger partial charge < -0.3 is 5.32 Å². The van der Waals surface area contributed by atoms with E-state index in [4.69, 9.17) is 0 Å². The quantitative estimate of drug-likeness (QED) is 0.783. The van der Waals surface area contributed by atoms with E-state index >= 15 is 0 Å². The van der Waals surface area contributed by atoms with Crippen molar-refractivity contribution in [1.29, 1.82) is 0 Å². The molecule has 1 atom stereocenters. The number of hydrogen-bond donors (Lipinski definition) is 1. The van der Waals surface area contributed by atoms with Gasteiger partial charge in [0.25, 0.3) is 0 Å². The van der Waals surface area contributed by atoms with Gasteiger partial charge in [0.15, 0.2) is 0 Å². The predicted octanol–water partition coefficient (Wildman–Crippen LogP) is 2.07. The molecule has 1 saturated carbocycles. The van der Waals surface area contributed by atoms with E-state index in [1.54, 1.807) is 4.31 Å². The van der Waals surface area contributed by atoms with Crippen LogP contribution in [0.25, 0.3) is 0 Å². The highest BCUT2D eigenvalue weighted by Gasteiger charge is 2.44. The van der Waals surface area contributed by atoms with Gasteiger partial charge in [0.05, 0.1) is 6.26 Å². The largest absolute Gasteiger partial charge is 0.316 e. The Morgan fingerprint density at radius 3 is 2.60 bits per heavy atom. The number of nitrogens with one attached hydrogen (secondary N) is 1. The summed E-state index contributed by atoms with van der Waals surface area (Å²) in [5.41, 5.74) is 0.472. The lowest BCUT2D eigenvalue weighted by Crippen LogP contribution is -2.40. The fourth-order valence-electron chi connectivity index (χ4n) is 3.36. The molecule has 0 radical (unpaired) electrons. The molecular weight excluding hydrogens is 272 g/mol. The molecule has 1 aliphatic carbocycles. The van der Waals surface area contributed by atoms with Crippen LogP contribution in [0.2, 0.25) is 0 Å². The van der Waals surface area contributed by atoms with Gasteiger partial charge >= 0.3 is 0 Å². The highest BCUT2D eigenvalue weighted by atomic mass is 32.2. The van der Waals surface area contributed by atoms with E-state index in [1.165, 1.54) is 31.9 Å². The monoisotopic (exact) mass is 302 g/mol. The summed E-state index contributed by atoms with van der Waals surface area (Å²) in [6.45, 7) is 8.12. The zero-order valence-electron chi connectivity index (χ0n) is 13.2. The van der Waals surface area contributed by atoms with Crippen molar-refractivity contribution in [3.8, 4) is 0 Å². The maximum absolute atomic E-state index is 11.7. The van der Waals surface area contributed by atoms with Gasteiger partial charge in [-0.25, -0.2) is 12.7 Å². The van der Waals surface area contributed by atoms with Gasteiger partial charge in [-0.05, 0) is 55.9 Å². The molecule has 0 bridgehead atoms. The van der Waals surface area contributed by atoms with Crippen molar-refractivity contribution in [2.75, 3.05) is 32.4 Å². The van der Waals surface area contributed by atoms with Crippen LogP contribution in [-0.2, 0) is 10.0 Å². The molecule has 0 amide bonds. The van der Waals surface area contributed by atoms with Crippen LogP contribution in [0.3, 0.4) is 0 Å². The molecule has 0 aromatic heterocycles. The van der Waals surface area contributed by atoms with E-state index in [-0.39, 0.29) is 0 Å². The molecular formula is C15H30N2O2S. The Morgan fingerprint density at radius 2 is 2.05 bits per heavy atom. The van der Waals surface area contributed by atoms with E-state index in [1.807, 2.05) is 0 Å². The van der Waals surface area contributed by atoms with Crippen LogP contribution in [0, 0.1) is 17.3 Å². The van der Waals surface area contributed by atoms with E-state index < -0.39 is 10.0 Å². The molecule has 0 aromatic carbocycles. The van der Waals surface area contributed by atoms with Crippen LogP contribution in [0.15, 0.2) is 0 Å². The molecule has 1 aliphatic heterocycles. The molecule has 2 aliphatic rings. The maximum Gasteiger partial charge on any atom is 0.211 e. The fourth-order valence-corrected chi connectivity index (χ4v) is 4.31. The molecule has 20 heavy (non-hydrogen) atoms.